The van der Waals surface area contributed by atoms with Crippen LogP contribution in [0, 0.1) is 0 Å². The van der Waals surface area contributed by atoms with Gasteiger partial charge in [-0.2, -0.15) is 0 Å². The van der Waals surface area contributed by atoms with Crippen molar-refractivity contribution in [2.75, 3.05) is 7.11 Å². The minimum atomic E-state index is -0.826. The van der Waals surface area contributed by atoms with Crippen LogP contribution >= 0.6 is 0 Å². The molecule has 0 aliphatic rings. The van der Waals surface area contributed by atoms with E-state index >= 15 is 0 Å². The Labute approximate surface area is 127 Å². The monoisotopic (exact) mass is 296 g/mol. The van der Waals surface area contributed by atoms with Gasteiger partial charge in [-0.05, 0) is 23.3 Å². The van der Waals surface area contributed by atoms with Crippen LogP contribution in [0.2, 0.25) is 0 Å². The Morgan fingerprint density at radius 1 is 1.23 bits per heavy atom. The largest absolute Gasteiger partial charge is 0.481 e. The van der Waals surface area contributed by atoms with Crippen LogP contribution in [0.4, 0.5) is 0 Å². The first-order chi connectivity index (χ1) is 10.7. The standard InChI is InChI=1S/C17H16N2O3/c1-22-17-14-9-12(7-8-15(14)18-19-17)13(10-16(20)21)11-5-3-2-4-6-11/h2-9,13H,10H2,1H3,(H,18,19)(H,20,21). The molecule has 3 aromatic rings. The third kappa shape index (κ3) is 2.65. The number of nitrogens with zero attached hydrogens (tertiary/aromatic N) is 1. The third-order valence-corrected chi connectivity index (χ3v) is 3.73. The number of benzene rings is 2. The van der Waals surface area contributed by atoms with E-state index in [9.17, 15) is 9.90 Å². The molecule has 2 N–H and O–H groups in total. The molecule has 0 aliphatic carbocycles. The normalized spacial score (nSPS) is 12.2. The molecule has 5 heteroatoms. The smallest absolute Gasteiger partial charge is 0.304 e. The molecule has 0 fully saturated rings. The summed E-state index contributed by atoms with van der Waals surface area (Å²) in [4.78, 5) is 11.2. The number of aliphatic carboxylic acids is 1. The summed E-state index contributed by atoms with van der Waals surface area (Å²) in [7, 11) is 1.56. The maximum atomic E-state index is 11.2. The molecule has 0 bridgehead atoms. The third-order valence-electron chi connectivity index (χ3n) is 3.73. The zero-order valence-corrected chi connectivity index (χ0v) is 12.1. The highest BCUT2D eigenvalue weighted by atomic mass is 16.5. The number of nitrogens with one attached hydrogen (secondary N) is 1. The molecule has 0 saturated heterocycles. The molecule has 5 nitrogen and oxygen atoms in total. The molecule has 0 aliphatic heterocycles. The van der Waals surface area contributed by atoms with E-state index in [2.05, 4.69) is 10.2 Å². The number of carboxylic acids is 1. The molecule has 1 aromatic heterocycles. The van der Waals surface area contributed by atoms with Crippen LogP contribution in [0.25, 0.3) is 10.9 Å². The van der Waals surface area contributed by atoms with Crippen molar-refractivity contribution in [3.63, 3.8) is 0 Å². The molecule has 0 spiro atoms. The second-order valence-corrected chi connectivity index (χ2v) is 5.10. The second kappa shape index (κ2) is 5.89. The van der Waals surface area contributed by atoms with E-state index in [1.54, 1.807) is 7.11 Å². The van der Waals surface area contributed by atoms with Crippen molar-refractivity contribution in [1.29, 1.82) is 0 Å². The van der Waals surface area contributed by atoms with Gasteiger partial charge in [-0.15, -0.1) is 5.10 Å². The Morgan fingerprint density at radius 3 is 2.68 bits per heavy atom. The number of aromatic nitrogens is 2. The predicted octanol–water partition coefficient (Wildman–Crippen LogP) is 3.18. The number of carbonyl (C=O) groups is 1. The van der Waals surface area contributed by atoms with E-state index in [-0.39, 0.29) is 12.3 Å². The van der Waals surface area contributed by atoms with Gasteiger partial charge in [-0.1, -0.05) is 36.4 Å². The van der Waals surface area contributed by atoms with Gasteiger partial charge in [0, 0.05) is 5.92 Å². The molecule has 0 radical (unpaired) electrons. The van der Waals surface area contributed by atoms with Crippen LogP contribution in [0.15, 0.2) is 48.5 Å². The average molecular weight is 296 g/mol. The number of fused-ring (bicyclic) bond motifs is 1. The van der Waals surface area contributed by atoms with Gasteiger partial charge in [-0.25, -0.2) is 0 Å². The number of methoxy groups -OCH3 is 1. The number of aromatic amines is 1. The van der Waals surface area contributed by atoms with Crippen LogP contribution in [-0.2, 0) is 4.79 Å². The summed E-state index contributed by atoms with van der Waals surface area (Å²) in [5.41, 5.74) is 2.77. The summed E-state index contributed by atoms with van der Waals surface area (Å²) in [6, 6.07) is 15.4. The number of hydrogen-bond donors (Lipinski definition) is 2. The molecular weight excluding hydrogens is 280 g/mol. The van der Waals surface area contributed by atoms with E-state index in [1.807, 2.05) is 48.5 Å². The molecular formula is C17H16N2O3. The summed E-state index contributed by atoms with van der Waals surface area (Å²) in [5.74, 6) is -0.519. The highest BCUT2D eigenvalue weighted by Gasteiger charge is 2.19. The average Bonchev–Trinajstić information content (AvgIpc) is 2.95. The summed E-state index contributed by atoms with van der Waals surface area (Å²) >= 11 is 0. The zero-order valence-electron chi connectivity index (χ0n) is 12.1. The number of hydrogen-bond acceptors (Lipinski definition) is 3. The summed E-state index contributed by atoms with van der Waals surface area (Å²) in [6.45, 7) is 0. The van der Waals surface area contributed by atoms with Crippen molar-refractivity contribution in [3.8, 4) is 5.88 Å². The highest BCUT2D eigenvalue weighted by Crippen LogP contribution is 2.32. The number of ether oxygens (including phenoxy) is 1. The fraction of sp³-hybridized carbons (Fsp3) is 0.176. The first-order valence-electron chi connectivity index (χ1n) is 6.98. The lowest BCUT2D eigenvalue weighted by Gasteiger charge is -2.16. The Hall–Kier alpha value is -2.82. The van der Waals surface area contributed by atoms with Gasteiger partial charge < -0.3 is 9.84 Å². The first-order valence-corrected chi connectivity index (χ1v) is 6.98. The van der Waals surface area contributed by atoms with E-state index < -0.39 is 5.97 Å². The number of carboxylic acid groups (broad SMARTS) is 1. The van der Waals surface area contributed by atoms with Crippen molar-refractivity contribution in [2.24, 2.45) is 0 Å². The molecule has 0 amide bonds. The van der Waals surface area contributed by atoms with E-state index in [0.29, 0.717) is 5.88 Å². The fourth-order valence-corrected chi connectivity index (χ4v) is 2.67. The molecule has 3 rings (SSSR count). The lowest BCUT2D eigenvalue weighted by molar-refractivity contribution is -0.137. The molecule has 0 saturated carbocycles. The van der Waals surface area contributed by atoms with Gasteiger partial charge >= 0.3 is 5.97 Å². The summed E-state index contributed by atoms with van der Waals surface area (Å²) < 4.78 is 5.23. The second-order valence-electron chi connectivity index (χ2n) is 5.10. The van der Waals surface area contributed by atoms with Crippen molar-refractivity contribution < 1.29 is 14.6 Å². The zero-order chi connectivity index (χ0) is 15.5. The fourth-order valence-electron chi connectivity index (χ4n) is 2.67. The van der Waals surface area contributed by atoms with Crippen LogP contribution in [-0.4, -0.2) is 28.4 Å². The number of rotatable bonds is 5. The quantitative estimate of drug-likeness (QED) is 0.758. The van der Waals surface area contributed by atoms with Gasteiger partial charge in [0.25, 0.3) is 0 Å². The molecule has 1 atom stereocenters. The Balaban J connectivity index is 2.09. The van der Waals surface area contributed by atoms with Crippen molar-refractivity contribution in [1.82, 2.24) is 10.2 Å². The first kappa shape index (κ1) is 14.1. The highest BCUT2D eigenvalue weighted by molar-refractivity contribution is 5.85. The van der Waals surface area contributed by atoms with Crippen molar-refractivity contribution >= 4 is 16.9 Å². The SMILES string of the molecule is COc1n[nH]c2ccc(C(CC(=O)O)c3ccccc3)cc12. The molecule has 112 valence electrons. The van der Waals surface area contributed by atoms with Gasteiger partial charge in [-0.3, -0.25) is 9.89 Å². The minimum absolute atomic E-state index is 0.0374. The van der Waals surface area contributed by atoms with Gasteiger partial charge in [0.15, 0.2) is 0 Å². The molecule has 22 heavy (non-hydrogen) atoms. The van der Waals surface area contributed by atoms with E-state index in [0.717, 1.165) is 22.0 Å². The van der Waals surface area contributed by atoms with Gasteiger partial charge in [0.05, 0.1) is 24.4 Å². The van der Waals surface area contributed by atoms with Crippen LogP contribution in [0.1, 0.15) is 23.5 Å². The van der Waals surface area contributed by atoms with Crippen molar-refractivity contribution in [2.45, 2.75) is 12.3 Å². The van der Waals surface area contributed by atoms with Crippen molar-refractivity contribution in [3.05, 3.63) is 59.7 Å². The lowest BCUT2D eigenvalue weighted by atomic mass is 9.88. The maximum Gasteiger partial charge on any atom is 0.304 e. The maximum absolute atomic E-state index is 11.2. The summed E-state index contributed by atoms with van der Waals surface area (Å²) in [6.07, 6.45) is 0.0374. The Kier molecular flexibility index (Phi) is 3.78. The van der Waals surface area contributed by atoms with Gasteiger partial charge in [0.2, 0.25) is 5.88 Å². The predicted molar refractivity (Wildman–Crippen MR) is 83.2 cm³/mol. The Bertz CT molecular complexity index is 796. The summed E-state index contributed by atoms with van der Waals surface area (Å²) in [5, 5.41) is 17.1. The van der Waals surface area contributed by atoms with E-state index in [1.165, 1.54) is 0 Å². The van der Waals surface area contributed by atoms with Crippen LogP contribution in [0.3, 0.4) is 0 Å². The molecule has 2 aromatic carbocycles. The van der Waals surface area contributed by atoms with Gasteiger partial charge in [0.1, 0.15) is 0 Å². The van der Waals surface area contributed by atoms with Crippen LogP contribution < -0.4 is 4.74 Å². The van der Waals surface area contributed by atoms with Crippen LogP contribution in [0.5, 0.6) is 5.88 Å². The molecule has 1 unspecified atom stereocenters. The topological polar surface area (TPSA) is 75.2 Å². The van der Waals surface area contributed by atoms with E-state index in [4.69, 9.17) is 4.74 Å². The minimum Gasteiger partial charge on any atom is -0.481 e. The number of H-pyrrole nitrogens is 1. The Morgan fingerprint density at radius 2 is 2.00 bits per heavy atom. The molecule has 1 heterocycles. The lowest BCUT2D eigenvalue weighted by Crippen LogP contribution is -2.07.